The molecule has 0 aliphatic carbocycles. The lowest BCUT2D eigenvalue weighted by Crippen LogP contribution is -2.21. The van der Waals surface area contributed by atoms with Gasteiger partial charge in [0.05, 0.1) is 5.69 Å². The molecule has 0 saturated heterocycles. The first-order valence-corrected chi connectivity index (χ1v) is 4.60. The summed E-state index contributed by atoms with van der Waals surface area (Å²) < 4.78 is 28.0. The van der Waals surface area contributed by atoms with Gasteiger partial charge in [0, 0.05) is 18.0 Å². The minimum Gasteiger partial charge on any atom is -0.390 e. The van der Waals surface area contributed by atoms with Gasteiger partial charge in [-0.05, 0) is 12.1 Å². The van der Waals surface area contributed by atoms with E-state index in [1.165, 1.54) is 10.6 Å². The number of aliphatic hydroxyl groups is 1. The molecule has 0 aliphatic heterocycles. The van der Waals surface area contributed by atoms with E-state index >= 15 is 0 Å². The first-order chi connectivity index (χ1) is 7.06. The highest BCUT2D eigenvalue weighted by atomic mass is 19.3. The van der Waals surface area contributed by atoms with Gasteiger partial charge in [0.25, 0.3) is 0 Å². The molecule has 15 heavy (non-hydrogen) atoms. The number of para-hydroxylation sites is 1. The molecule has 0 radical (unpaired) electrons. The molecule has 0 fully saturated rings. The van der Waals surface area contributed by atoms with E-state index in [0.29, 0.717) is 0 Å². The van der Waals surface area contributed by atoms with Crippen LogP contribution in [0.4, 0.5) is 8.78 Å². The van der Waals surface area contributed by atoms with Gasteiger partial charge in [0.15, 0.2) is 0 Å². The molecule has 0 spiro atoms. The van der Waals surface area contributed by atoms with Crippen molar-refractivity contribution in [3.05, 3.63) is 36.0 Å². The Morgan fingerprint density at radius 2 is 2.00 bits per heavy atom. The number of fused-ring (bicyclic) bond motifs is 1. The molecular weight excluding hydrogens is 200 g/mol. The fourth-order valence-corrected chi connectivity index (χ4v) is 1.72. The van der Waals surface area contributed by atoms with Gasteiger partial charge in [0.1, 0.15) is 6.61 Å². The highest BCUT2D eigenvalue weighted by molar-refractivity contribution is 5.81. The molecule has 0 bridgehead atoms. The van der Waals surface area contributed by atoms with Gasteiger partial charge in [-0.3, -0.25) is 0 Å². The van der Waals surface area contributed by atoms with Crippen LogP contribution in [-0.4, -0.2) is 16.3 Å². The molecular formula is C11H11F2NO. The van der Waals surface area contributed by atoms with Crippen molar-refractivity contribution in [1.29, 1.82) is 0 Å². The van der Waals surface area contributed by atoms with Crippen molar-refractivity contribution in [2.24, 2.45) is 7.05 Å². The molecule has 0 unspecified atom stereocenters. The summed E-state index contributed by atoms with van der Waals surface area (Å²) >= 11 is 0. The Morgan fingerprint density at radius 3 is 2.60 bits per heavy atom. The van der Waals surface area contributed by atoms with Crippen molar-refractivity contribution in [3.63, 3.8) is 0 Å². The first kappa shape index (κ1) is 10.1. The van der Waals surface area contributed by atoms with Crippen molar-refractivity contribution >= 4 is 10.9 Å². The maximum Gasteiger partial charge on any atom is 0.310 e. The average Bonchev–Trinajstić information content (AvgIpc) is 2.58. The monoisotopic (exact) mass is 211 g/mol. The van der Waals surface area contributed by atoms with E-state index in [1.54, 1.807) is 31.3 Å². The molecule has 2 rings (SSSR count). The summed E-state index contributed by atoms with van der Waals surface area (Å²) in [6.07, 6.45) is 0. The maximum atomic E-state index is 13.3. The molecule has 1 heterocycles. The Bertz CT molecular complexity index is 490. The fourth-order valence-electron chi connectivity index (χ4n) is 1.72. The second-order valence-electron chi connectivity index (χ2n) is 3.51. The predicted octanol–water partition coefficient (Wildman–Crippen LogP) is 2.26. The number of aliphatic hydroxyl groups excluding tert-OH is 1. The Balaban J connectivity index is 2.68. The lowest BCUT2D eigenvalue weighted by atomic mass is 10.2. The van der Waals surface area contributed by atoms with Crippen molar-refractivity contribution < 1.29 is 13.9 Å². The Morgan fingerprint density at radius 1 is 1.33 bits per heavy atom. The highest BCUT2D eigenvalue weighted by Gasteiger charge is 2.33. The number of aromatic nitrogens is 1. The summed E-state index contributed by atoms with van der Waals surface area (Å²) in [7, 11) is 1.57. The van der Waals surface area contributed by atoms with Crippen LogP contribution >= 0.6 is 0 Å². The van der Waals surface area contributed by atoms with Crippen LogP contribution in [0.15, 0.2) is 30.3 Å². The normalized spacial score (nSPS) is 12.3. The molecule has 0 saturated carbocycles. The summed E-state index contributed by atoms with van der Waals surface area (Å²) in [5.74, 6) is -3.19. The van der Waals surface area contributed by atoms with E-state index in [-0.39, 0.29) is 5.69 Å². The summed E-state index contributed by atoms with van der Waals surface area (Å²) in [6, 6.07) is 8.54. The van der Waals surface area contributed by atoms with Gasteiger partial charge in [-0.2, -0.15) is 8.78 Å². The maximum absolute atomic E-state index is 13.3. The molecule has 0 amide bonds. The Hall–Kier alpha value is -1.42. The molecule has 2 nitrogen and oxygen atoms in total. The van der Waals surface area contributed by atoms with Crippen LogP contribution in [0, 0.1) is 0 Å². The number of hydrogen-bond donors (Lipinski definition) is 1. The minimum absolute atomic E-state index is 0.161. The molecule has 1 aromatic heterocycles. The summed E-state index contributed by atoms with van der Waals surface area (Å²) in [5.41, 5.74) is 0.576. The number of aryl methyl sites for hydroxylation is 1. The van der Waals surface area contributed by atoms with E-state index in [4.69, 9.17) is 5.11 Å². The van der Waals surface area contributed by atoms with Gasteiger partial charge in [-0.15, -0.1) is 0 Å². The Kier molecular flexibility index (Phi) is 2.23. The molecule has 1 aromatic carbocycles. The topological polar surface area (TPSA) is 25.2 Å². The smallest absolute Gasteiger partial charge is 0.310 e. The second kappa shape index (κ2) is 3.31. The van der Waals surface area contributed by atoms with Crippen LogP contribution < -0.4 is 0 Å². The Labute approximate surface area is 85.8 Å². The third kappa shape index (κ3) is 1.51. The molecule has 1 N–H and O–H groups in total. The molecule has 0 aliphatic rings. The van der Waals surface area contributed by atoms with E-state index in [0.717, 1.165) is 10.9 Å². The van der Waals surface area contributed by atoms with Crippen LogP contribution in [0.5, 0.6) is 0 Å². The van der Waals surface area contributed by atoms with Crippen molar-refractivity contribution in [2.45, 2.75) is 5.92 Å². The van der Waals surface area contributed by atoms with Crippen LogP contribution in [0.2, 0.25) is 0 Å². The lowest BCUT2D eigenvalue weighted by Gasteiger charge is -2.14. The summed E-state index contributed by atoms with van der Waals surface area (Å²) in [4.78, 5) is 0. The predicted molar refractivity (Wildman–Crippen MR) is 53.9 cm³/mol. The zero-order valence-corrected chi connectivity index (χ0v) is 8.24. The largest absolute Gasteiger partial charge is 0.390 e. The van der Waals surface area contributed by atoms with Crippen molar-refractivity contribution in [3.8, 4) is 0 Å². The standard InChI is InChI=1S/C11H11F2NO/c1-14-9-5-3-2-4-8(9)6-10(14)11(12,13)7-15/h2-6,15H,7H2,1H3. The number of alkyl halides is 2. The second-order valence-corrected chi connectivity index (χ2v) is 3.51. The summed E-state index contributed by atoms with van der Waals surface area (Å²) in [6.45, 7) is -1.17. The third-order valence-corrected chi connectivity index (χ3v) is 2.53. The van der Waals surface area contributed by atoms with Gasteiger partial charge >= 0.3 is 5.92 Å². The van der Waals surface area contributed by atoms with E-state index in [9.17, 15) is 8.78 Å². The molecule has 2 aromatic rings. The van der Waals surface area contributed by atoms with Gasteiger partial charge in [-0.1, -0.05) is 18.2 Å². The number of halogens is 2. The van der Waals surface area contributed by atoms with Gasteiger partial charge < -0.3 is 9.67 Å². The number of hydrogen-bond acceptors (Lipinski definition) is 1. The number of rotatable bonds is 2. The SMILES string of the molecule is Cn1c(C(F)(F)CO)cc2ccccc21. The molecule has 4 heteroatoms. The number of benzene rings is 1. The highest BCUT2D eigenvalue weighted by Crippen LogP contribution is 2.31. The molecule has 80 valence electrons. The lowest BCUT2D eigenvalue weighted by molar-refractivity contribution is -0.0610. The van der Waals surface area contributed by atoms with Gasteiger partial charge in [-0.25, -0.2) is 0 Å². The van der Waals surface area contributed by atoms with Crippen LogP contribution in [-0.2, 0) is 13.0 Å². The molecule has 0 atom stereocenters. The van der Waals surface area contributed by atoms with Crippen LogP contribution in [0.25, 0.3) is 10.9 Å². The third-order valence-electron chi connectivity index (χ3n) is 2.53. The fraction of sp³-hybridized carbons (Fsp3) is 0.273. The van der Waals surface area contributed by atoms with Crippen LogP contribution in [0.3, 0.4) is 0 Å². The van der Waals surface area contributed by atoms with E-state index < -0.39 is 12.5 Å². The first-order valence-electron chi connectivity index (χ1n) is 4.60. The van der Waals surface area contributed by atoms with Crippen LogP contribution in [0.1, 0.15) is 5.69 Å². The van der Waals surface area contributed by atoms with Gasteiger partial charge in [0.2, 0.25) is 0 Å². The zero-order valence-electron chi connectivity index (χ0n) is 8.24. The zero-order chi connectivity index (χ0) is 11.1. The number of nitrogens with zero attached hydrogens (tertiary/aromatic N) is 1. The minimum atomic E-state index is -3.19. The van der Waals surface area contributed by atoms with E-state index in [1.807, 2.05) is 0 Å². The van der Waals surface area contributed by atoms with Crippen molar-refractivity contribution in [1.82, 2.24) is 4.57 Å². The van der Waals surface area contributed by atoms with Crippen molar-refractivity contribution in [2.75, 3.05) is 6.61 Å². The quantitative estimate of drug-likeness (QED) is 0.809. The average molecular weight is 211 g/mol. The summed E-state index contributed by atoms with van der Waals surface area (Å²) in [5, 5.41) is 9.39. The van der Waals surface area contributed by atoms with E-state index in [2.05, 4.69) is 0 Å².